The SMILES string of the molecule is CC(=O)N[C@@H](Cc1ccccc1)C(=O)OCO/N=[N+](\[O-])c1ccccc1. The van der Waals surface area contributed by atoms with Crippen LogP contribution < -0.4 is 5.32 Å². The molecule has 0 aliphatic rings. The molecule has 0 aromatic heterocycles. The van der Waals surface area contributed by atoms with Crippen molar-refractivity contribution < 1.29 is 24.0 Å². The molecular weight excluding hydrogens is 338 g/mol. The second-order valence-electron chi connectivity index (χ2n) is 5.34. The summed E-state index contributed by atoms with van der Waals surface area (Å²) in [7, 11) is 0. The predicted octanol–water partition coefficient (Wildman–Crippen LogP) is 2.46. The zero-order valence-corrected chi connectivity index (χ0v) is 14.2. The van der Waals surface area contributed by atoms with Crippen LogP contribution in [0.4, 0.5) is 5.69 Å². The highest BCUT2D eigenvalue weighted by Gasteiger charge is 2.21. The Morgan fingerprint density at radius 3 is 2.35 bits per heavy atom. The fourth-order valence-electron chi connectivity index (χ4n) is 2.15. The van der Waals surface area contributed by atoms with Gasteiger partial charge in [0.15, 0.2) is 0 Å². The molecule has 0 aliphatic carbocycles. The van der Waals surface area contributed by atoms with Gasteiger partial charge in [0.05, 0.1) is 0 Å². The van der Waals surface area contributed by atoms with Crippen LogP contribution in [0, 0.1) is 5.21 Å². The minimum absolute atomic E-state index is 0.267. The van der Waals surface area contributed by atoms with E-state index < -0.39 is 18.8 Å². The normalized spacial score (nSPS) is 12.1. The first kappa shape index (κ1) is 18.9. The van der Waals surface area contributed by atoms with E-state index in [9.17, 15) is 14.8 Å². The van der Waals surface area contributed by atoms with Crippen molar-refractivity contribution in [1.82, 2.24) is 5.32 Å². The van der Waals surface area contributed by atoms with Crippen molar-refractivity contribution in [2.45, 2.75) is 19.4 Å². The van der Waals surface area contributed by atoms with Crippen molar-refractivity contribution in [2.75, 3.05) is 6.79 Å². The van der Waals surface area contributed by atoms with Crippen LogP contribution in [-0.2, 0) is 25.6 Å². The summed E-state index contributed by atoms with van der Waals surface area (Å²) >= 11 is 0. The van der Waals surface area contributed by atoms with Crippen LogP contribution in [0.15, 0.2) is 65.9 Å². The number of hydrogen-bond acceptors (Lipinski definition) is 6. The average molecular weight is 357 g/mol. The molecule has 0 fully saturated rings. The Balaban J connectivity index is 1.87. The van der Waals surface area contributed by atoms with E-state index in [1.165, 1.54) is 6.92 Å². The van der Waals surface area contributed by atoms with Crippen LogP contribution >= 0.6 is 0 Å². The quantitative estimate of drug-likeness (QED) is 0.195. The molecule has 0 heterocycles. The number of rotatable bonds is 8. The van der Waals surface area contributed by atoms with Gasteiger partial charge < -0.3 is 20.1 Å². The number of ether oxygens (including phenoxy) is 1. The molecule has 1 amide bonds. The molecular formula is C18H19N3O5. The van der Waals surface area contributed by atoms with Gasteiger partial charge in [-0.25, -0.2) is 4.79 Å². The number of nitrogens with zero attached hydrogens (tertiary/aromatic N) is 2. The first-order chi connectivity index (χ1) is 12.6. The zero-order valence-electron chi connectivity index (χ0n) is 14.2. The Hall–Kier alpha value is -3.42. The molecule has 1 atom stereocenters. The third kappa shape index (κ3) is 6.23. The zero-order chi connectivity index (χ0) is 18.8. The lowest BCUT2D eigenvalue weighted by Gasteiger charge is -2.16. The number of carbonyl (C=O) groups excluding carboxylic acids is 2. The molecule has 2 rings (SSSR count). The predicted molar refractivity (Wildman–Crippen MR) is 92.0 cm³/mol. The molecule has 0 spiro atoms. The van der Waals surface area contributed by atoms with Gasteiger partial charge in [-0.2, -0.15) is 0 Å². The van der Waals surface area contributed by atoms with Gasteiger partial charge >= 0.3 is 5.97 Å². The summed E-state index contributed by atoms with van der Waals surface area (Å²) in [4.78, 5) is 28.4. The smallest absolute Gasteiger partial charge is 0.331 e. The summed E-state index contributed by atoms with van der Waals surface area (Å²) < 4.78 is 4.93. The standard InChI is InChI=1S/C18H19N3O5/c1-14(22)19-17(12-15-8-4-2-5-9-15)18(23)25-13-26-20-21(24)16-10-6-3-7-11-16/h2-11,17H,12-13H2,1H3,(H,19,22)/b21-20-/t17-/m0/s1. The van der Waals surface area contributed by atoms with Crippen LogP contribution in [0.2, 0.25) is 0 Å². The number of esters is 1. The average Bonchev–Trinajstić information content (AvgIpc) is 2.65. The molecule has 136 valence electrons. The van der Waals surface area contributed by atoms with Crippen molar-refractivity contribution in [3.8, 4) is 0 Å². The van der Waals surface area contributed by atoms with Gasteiger partial charge in [0.1, 0.15) is 6.04 Å². The third-order valence-electron chi connectivity index (χ3n) is 3.31. The maximum Gasteiger partial charge on any atom is 0.331 e. The fraction of sp³-hybridized carbons (Fsp3) is 0.222. The summed E-state index contributed by atoms with van der Waals surface area (Å²) in [6.45, 7) is 0.765. The molecule has 0 bridgehead atoms. The van der Waals surface area contributed by atoms with Gasteiger partial charge in [-0.1, -0.05) is 48.5 Å². The maximum atomic E-state index is 12.1. The molecule has 1 N–H and O–H groups in total. The van der Waals surface area contributed by atoms with Gasteiger partial charge in [0, 0.05) is 25.5 Å². The monoisotopic (exact) mass is 357 g/mol. The van der Waals surface area contributed by atoms with Gasteiger partial charge in [-0.05, 0) is 10.4 Å². The molecule has 0 aliphatic heterocycles. The van der Waals surface area contributed by atoms with E-state index in [1.54, 1.807) is 30.3 Å². The second-order valence-corrected chi connectivity index (χ2v) is 5.34. The Morgan fingerprint density at radius 1 is 1.12 bits per heavy atom. The first-order valence-corrected chi connectivity index (χ1v) is 7.89. The Bertz CT molecular complexity index is 750. The van der Waals surface area contributed by atoms with Crippen LogP contribution in [-0.4, -0.2) is 29.6 Å². The number of hydrogen-bond donors (Lipinski definition) is 1. The van der Waals surface area contributed by atoms with Crippen LogP contribution in [0.1, 0.15) is 12.5 Å². The van der Waals surface area contributed by atoms with Crippen molar-refractivity contribution >= 4 is 17.6 Å². The van der Waals surface area contributed by atoms with E-state index in [4.69, 9.17) is 9.57 Å². The molecule has 26 heavy (non-hydrogen) atoms. The first-order valence-electron chi connectivity index (χ1n) is 7.89. The lowest BCUT2D eigenvalue weighted by molar-refractivity contribution is -0.482. The number of nitrogens with one attached hydrogen (secondary N) is 1. The van der Waals surface area contributed by atoms with E-state index in [0.717, 1.165) is 5.56 Å². The number of amides is 1. The molecule has 2 aromatic rings. The molecule has 0 saturated heterocycles. The van der Waals surface area contributed by atoms with Crippen molar-refractivity contribution in [2.24, 2.45) is 5.28 Å². The molecule has 8 heteroatoms. The summed E-state index contributed by atoms with van der Waals surface area (Å²) in [5.74, 6) is -1.04. The van der Waals surface area contributed by atoms with Crippen LogP contribution in [0.25, 0.3) is 0 Å². The van der Waals surface area contributed by atoms with Crippen molar-refractivity contribution in [1.29, 1.82) is 0 Å². The topological polar surface area (TPSA) is 103 Å². The minimum Gasteiger partial charge on any atom is -0.592 e. The number of carbonyl (C=O) groups is 2. The third-order valence-corrected chi connectivity index (χ3v) is 3.31. The van der Waals surface area contributed by atoms with Crippen molar-refractivity contribution in [3.63, 3.8) is 0 Å². The maximum absolute atomic E-state index is 12.1. The second kappa shape index (κ2) is 9.77. The molecule has 2 aromatic carbocycles. The van der Waals surface area contributed by atoms with E-state index in [0.29, 0.717) is 0 Å². The van der Waals surface area contributed by atoms with E-state index in [2.05, 4.69) is 10.6 Å². The summed E-state index contributed by atoms with van der Waals surface area (Å²) in [5, 5.41) is 17.5. The van der Waals surface area contributed by atoms with E-state index in [-0.39, 0.29) is 22.9 Å². The summed E-state index contributed by atoms with van der Waals surface area (Å²) in [6.07, 6.45) is 0.272. The highest BCUT2D eigenvalue weighted by Crippen LogP contribution is 2.09. The molecule has 0 unspecified atom stereocenters. The summed E-state index contributed by atoms with van der Waals surface area (Å²) in [5.41, 5.74) is 1.14. The van der Waals surface area contributed by atoms with Crippen LogP contribution in [0.5, 0.6) is 0 Å². The Labute approximate surface area is 150 Å². The highest BCUT2D eigenvalue weighted by atomic mass is 16.8. The lowest BCUT2D eigenvalue weighted by Crippen LogP contribution is -2.42. The van der Waals surface area contributed by atoms with E-state index in [1.807, 2.05) is 30.3 Å². The summed E-state index contributed by atoms with van der Waals surface area (Å²) in [6, 6.07) is 16.6. The highest BCUT2D eigenvalue weighted by molar-refractivity contribution is 5.83. The van der Waals surface area contributed by atoms with Gasteiger partial charge in [-0.15, -0.1) is 0 Å². The number of benzene rings is 2. The molecule has 0 saturated carbocycles. The largest absolute Gasteiger partial charge is 0.592 e. The van der Waals surface area contributed by atoms with E-state index >= 15 is 0 Å². The lowest BCUT2D eigenvalue weighted by atomic mass is 10.1. The van der Waals surface area contributed by atoms with Gasteiger partial charge in [0.25, 0.3) is 6.79 Å². The fourth-order valence-corrected chi connectivity index (χ4v) is 2.15. The van der Waals surface area contributed by atoms with Gasteiger partial charge in [0.2, 0.25) is 16.9 Å². The minimum atomic E-state index is -0.865. The molecule has 8 nitrogen and oxygen atoms in total. The van der Waals surface area contributed by atoms with Gasteiger partial charge in [-0.3, -0.25) is 4.79 Å². The van der Waals surface area contributed by atoms with Crippen LogP contribution in [0.3, 0.4) is 0 Å². The molecule has 0 radical (unpaired) electrons. The number of para-hydroxylation sites is 1. The Morgan fingerprint density at radius 2 is 1.73 bits per heavy atom. The van der Waals surface area contributed by atoms with Crippen molar-refractivity contribution in [3.05, 3.63) is 71.4 Å². The Kier molecular flexibility index (Phi) is 7.11.